The summed E-state index contributed by atoms with van der Waals surface area (Å²) in [4.78, 5) is 89.8. The molecule has 0 radical (unpaired) electrons. The summed E-state index contributed by atoms with van der Waals surface area (Å²) in [7, 11) is 0. The van der Waals surface area contributed by atoms with Crippen molar-refractivity contribution in [2.45, 2.75) is 131 Å². The Bertz CT molecular complexity index is 1500. The molecular formula is C39H60N6O9. The zero-order valence-electron chi connectivity index (χ0n) is 32.8. The lowest BCUT2D eigenvalue weighted by Crippen LogP contribution is -2.54. The van der Waals surface area contributed by atoms with E-state index in [-0.39, 0.29) is 54.0 Å². The Morgan fingerprint density at radius 3 is 1.72 bits per heavy atom. The van der Waals surface area contributed by atoms with Gasteiger partial charge in [-0.15, -0.1) is 0 Å². The molecule has 0 fully saturated rings. The highest BCUT2D eigenvalue weighted by atomic mass is 16.4. The normalized spacial score (nSPS) is 14.0. The summed E-state index contributed by atoms with van der Waals surface area (Å²) in [6.07, 6.45) is 7.05. The van der Waals surface area contributed by atoms with Gasteiger partial charge < -0.3 is 42.1 Å². The van der Waals surface area contributed by atoms with Gasteiger partial charge in [0, 0.05) is 17.7 Å². The number of carboxylic acid groups (broad SMARTS) is 1. The van der Waals surface area contributed by atoms with Crippen molar-refractivity contribution in [2.24, 2.45) is 11.8 Å². The van der Waals surface area contributed by atoms with Gasteiger partial charge in [-0.3, -0.25) is 28.8 Å². The number of carbonyl (C=O) groups excluding carboxylic acids is 6. The van der Waals surface area contributed by atoms with Crippen LogP contribution in [0.1, 0.15) is 117 Å². The van der Waals surface area contributed by atoms with Crippen LogP contribution in [0.3, 0.4) is 0 Å². The molecule has 0 bridgehead atoms. The van der Waals surface area contributed by atoms with Crippen LogP contribution in [0.25, 0.3) is 0 Å². The van der Waals surface area contributed by atoms with E-state index in [9.17, 15) is 43.8 Å². The van der Waals surface area contributed by atoms with Gasteiger partial charge in [0.25, 0.3) is 17.7 Å². The maximum absolute atomic E-state index is 13.6. The van der Waals surface area contributed by atoms with Crippen LogP contribution in [-0.4, -0.2) is 75.9 Å². The number of aliphatic carboxylic acids is 1. The van der Waals surface area contributed by atoms with Gasteiger partial charge in [0.15, 0.2) is 6.04 Å². The lowest BCUT2D eigenvalue weighted by atomic mass is 10.00. The number of rotatable bonds is 23. The van der Waals surface area contributed by atoms with Gasteiger partial charge in [0.1, 0.15) is 23.5 Å². The van der Waals surface area contributed by atoms with Gasteiger partial charge in [-0.05, 0) is 76.1 Å². The minimum Gasteiger partial charge on any atom is -0.480 e. The van der Waals surface area contributed by atoms with E-state index in [0.29, 0.717) is 12.1 Å². The Morgan fingerprint density at radius 1 is 0.685 bits per heavy atom. The molecule has 54 heavy (non-hydrogen) atoms. The first kappa shape index (κ1) is 47.0. The highest BCUT2D eigenvalue weighted by Crippen LogP contribution is 2.14. The quantitative estimate of drug-likeness (QED) is 0.0601. The van der Waals surface area contributed by atoms with Crippen LogP contribution in [0.2, 0.25) is 0 Å². The van der Waals surface area contributed by atoms with Crippen molar-refractivity contribution in [3.8, 4) is 0 Å². The molecule has 15 heteroatoms. The number of unbranched alkanes of at least 4 members (excludes halogenated alkanes) is 4. The lowest BCUT2D eigenvalue weighted by molar-refractivity contribution is -0.141. The van der Waals surface area contributed by atoms with Gasteiger partial charge in [0.05, 0.1) is 6.10 Å². The molecule has 1 aromatic rings. The molecule has 0 spiro atoms. The van der Waals surface area contributed by atoms with Crippen LogP contribution in [0, 0.1) is 11.8 Å². The topological polar surface area (TPSA) is 232 Å². The van der Waals surface area contributed by atoms with Crippen LogP contribution >= 0.6 is 0 Å². The third kappa shape index (κ3) is 17.2. The number of benzene rings is 1. The molecule has 0 saturated carbocycles. The fourth-order valence-corrected chi connectivity index (χ4v) is 5.27. The average molecular weight is 757 g/mol. The second-order valence-electron chi connectivity index (χ2n) is 14.0. The second kappa shape index (κ2) is 24.3. The first-order chi connectivity index (χ1) is 25.4. The summed E-state index contributed by atoms with van der Waals surface area (Å²) >= 11 is 0. The summed E-state index contributed by atoms with van der Waals surface area (Å²) in [6.45, 7) is 14.0. The summed E-state index contributed by atoms with van der Waals surface area (Å²) < 4.78 is 0. The molecule has 6 amide bonds. The number of aliphatic hydroxyl groups is 1. The van der Waals surface area contributed by atoms with E-state index in [1.54, 1.807) is 13.8 Å². The summed E-state index contributed by atoms with van der Waals surface area (Å²) in [5, 5.41) is 34.4. The highest BCUT2D eigenvalue weighted by molar-refractivity contribution is 6.05. The third-order valence-corrected chi connectivity index (χ3v) is 8.21. The van der Waals surface area contributed by atoms with Gasteiger partial charge >= 0.3 is 5.97 Å². The molecule has 300 valence electrons. The lowest BCUT2D eigenvalue weighted by Gasteiger charge is -2.25. The Morgan fingerprint density at radius 2 is 1.22 bits per heavy atom. The average Bonchev–Trinajstić information content (AvgIpc) is 3.10. The maximum atomic E-state index is 13.6. The smallest absolute Gasteiger partial charge is 0.328 e. The number of amides is 6. The van der Waals surface area contributed by atoms with Crippen molar-refractivity contribution in [1.82, 2.24) is 26.6 Å². The molecule has 1 aromatic carbocycles. The van der Waals surface area contributed by atoms with Gasteiger partial charge in [0.2, 0.25) is 17.7 Å². The number of allylic oxidation sites excluding steroid dienone is 2. The van der Waals surface area contributed by atoms with Crippen LogP contribution in [-0.2, 0) is 28.8 Å². The van der Waals surface area contributed by atoms with Crippen LogP contribution in [0.15, 0.2) is 47.8 Å². The van der Waals surface area contributed by atoms with E-state index in [2.05, 4.69) is 38.8 Å². The molecule has 0 aliphatic rings. The van der Waals surface area contributed by atoms with E-state index in [4.69, 9.17) is 0 Å². The first-order valence-corrected chi connectivity index (χ1v) is 18.6. The molecular weight excluding hydrogens is 696 g/mol. The van der Waals surface area contributed by atoms with Crippen molar-refractivity contribution >= 4 is 47.1 Å². The monoisotopic (exact) mass is 756 g/mol. The largest absolute Gasteiger partial charge is 0.480 e. The minimum absolute atomic E-state index is 0.0132. The van der Waals surface area contributed by atoms with E-state index in [1.807, 2.05) is 27.7 Å². The minimum atomic E-state index is -1.51. The van der Waals surface area contributed by atoms with Gasteiger partial charge in [-0.25, -0.2) is 4.79 Å². The van der Waals surface area contributed by atoms with E-state index in [0.717, 1.165) is 25.7 Å². The number of anilines is 1. The van der Waals surface area contributed by atoms with Crippen LogP contribution in [0.5, 0.6) is 0 Å². The standard InChI is InChI=1S/C39H60N6O9/c1-9-12-13-14-15-16-32(47)41-28(10-2)35(49)42-29(11-3)36(50)43-31(22-24(6)7)38(52)44-30(21-23(4)5)37(51)40-27-19-17-26(18-20-27)34(48)45-33(25(8)46)39(53)54/h10-11,17-20,23-25,30-31,33,46H,9,12-16,21-22H2,1-8H3,(H,40,51)(H,41,47)(H,42,49)(H,43,50)(H,44,52)(H,45,48)(H,53,54). The number of nitrogens with one attached hydrogen (secondary N) is 6. The fraction of sp³-hybridized carbons (Fsp3) is 0.564. The summed E-state index contributed by atoms with van der Waals surface area (Å²) in [5.41, 5.74) is 0.248. The molecule has 8 N–H and O–H groups in total. The molecule has 4 atom stereocenters. The third-order valence-electron chi connectivity index (χ3n) is 8.21. The zero-order chi connectivity index (χ0) is 41.0. The molecule has 15 nitrogen and oxygen atoms in total. The Balaban J connectivity index is 3.01. The van der Waals surface area contributed by atoms with Crippen molar-refractivity contribution in [3.63, 3.8) is 0 Å². The zero-order valence-corrected chi connectivity index (χ0v) is 32.8. The summed E-state index contributed by atoms with van der Waals surface area (Å²) in [5.74, 6) is -5.09. The summed E-state index contributed by atoms with van der Waals surface area (Å²) in [6, 6.07) is 2.02. The number of hydrogen-bond donors (Lipinski definition) is 8. The van der Waals surface area contributed by atoms with E-state index >= 15 is 0 Å². The molecule has 0 heterocycles. The van der Waals surface area contributed by atoms with Gasteiger partial charge in [-0.2, -0.15) is 0 Å². The molecule has 4 unspecified atom stereocenters. The number of carbonyl (C=O) groups is 7. The Hall–Kier alpha value is -5.05. The number of hydrogen-bond acceptors (Lipinski definition) is 8. The van der Waals surface area contributed by atoms with Crippen LogP contribution in [0.4, 0.5) is 5.69 Å². The number of carboxylic acids is 1. The van der Waals surface area contributed by atoms with Crippen molar-refractivity contribution < 1.29 is 43.8 Å². The predicted octanol–water partition coefficient (Wildman–Crippen LogP) is 3.65. The highest BCUT2D eigenvalue weighted by Gasteiger charge is 2.30. The predicted molar refractivity (Wildman–Crippen MR) is 206 cm³/mol. The van der Waals surface area contributed by atoms with Crippen molar-refractivity contribution in [3.05, 3.63) is 53.4 Å². The Kier molecular flexibility index (Phi) is 21.1. The Labute approximate surface area is 318 Å². The van der Waals surface area contributed by atoms with Gasteiger partial charge in [-0.1, -0.05) is 72.5 Å². The fourth-order valence-electron chi connectivity index (χ4n) is 5.27. The SMILES string of the molecule is CC=C(NC(=O)CCCCCCC)C(=O)NC(=CC)C(=O)NC(CC(C)C)C(=O)NC(CC(C)C)C(=O)Nc1ccc(C(=O)NC(C(=O)O)C(C)O)cc1. The van der Waals surface area contributed by atoms with E-state index < -0.39 is 59.7 Å². The first-order valence-electron chi connectivity index (χ1n) is 18.6. The maximum Gasteiger partial charge on any atom is 0.328 e. The second-order valence-corrected chi connectivity index (χ2v) is 14.0. The molecule has 0 saturated heterocycles. The molecule has 0 aliphatic heterocycles. The number of aliphatic hydroxyl groups excluding tert-OH is 1. The van der Waals surface area contributed by atoms with E-state index in [1.165, 1.54) is 43.3 Å². The molecule has 1 rings (SSSR count). The van der Waals surface area contributed by atoms with Crippen molar-refractivity contribution in [2.75, 3.05) is 5.32 Å². The molecule has 0 aliphatic carbocycles. The van der Waals surface area contributed by atoms with Crippen molar-refractivity contribution in [1.29, 1.82) is 0 Å². The van der Waals surface area contributed by atoms with Crippen LogP contribution < -0.4 is 31.9 Å². The molecule has 0 aromatic heterocycles.